The van der Waals surface area contributed by atoms with Crippen LogP contribution in [-0.2, 0) is 4.74 Å². The minimum absolute atomic E-state index is 0.606. The number of hydrogen-bond donors (Lipinski definition) is 2. The van der Waals surface area contributed by atoms with Crippen LogP contribution < -0.4 is 11.1 Å². The molecule has 0 bridgehead atoms. The van der Waals surface area contributed by atoms with E-state index in [4.69, 9.17) is 10.5 Å². The lowest BCUT2D eigenvalue weighted by Gasteiger charge is -2.13. The summed E-state index contributed by atoms with van der Waals surface area (Å²) in [7, 11) is 0. The smallest absolute Gasteiger partial charge is 0.0951 e. The molecular weight excluding hydrogens is 226 g/mol. The summed E-state index contributed by atoms with van der Waals surface area (Å²) in [6, 6.07) is 7.89. The van der Waals surface area contributed by atoms with Crippen LogP contribution in [0.4, 0.5) is 11.4 Å². The molecule has 1 aromatic carbocycles. The molecule has 1 unspecified atom stereocenters. The van der Waals surface area contributed by atoms with Gasteiger partial charge in [-0.1, -0.05) is 12.1 Å². The van der Waals surface area contributed by atoms with Crippen molar-refractivity contribution >= 4 is 22.3 Å². The van der Waals surface area contributed by atoms with Crippen molar-refractivity contribution in [2.45, 2.75) is 6.42 Å². The van der Waals surface area contributed by atoms with E-state index in [9.17, 15) is 0 Å². The Morgan fingerprint density at radius 3 is 3.17 bits per heavy atom. The van der Waals surface area contributed by atoms with Crippen molar-refractivity contribution in [2.75, 3.05) is 30.8 Å². The molecule has 18 heavy (non-hydrogen) atoms. The molecular formula is C14H17N3O. The second kappa shape index (κ2) is 4.82. The van der Waals surface area contributed by atoms with Gasteiger partial charge in [0.2, 0.25) is 0 Å². The van der Waals surface area contributed by atoms with E-state index in [0.717, 1.165) is 48.5 Å². The van der Waals surface area contributed by atoms with Crippen molar-refractivity contribution in [3.8, 4) is 0 Å². The zero-order valence-corrected chi connectivity index (χ0v) is 10.2. The molecule has 0 radical (unpaired) electrons. The van der Waals surface area contributed by atoms with Gasteiger partial charge in [0.1, 0.15) is 0 Å². The molecule has 3 rings (SSSR count). The molecule has 0 spiro atoms. The van der Waals surface area contributed by atoms with Gasteiger partial charge < -0.3 is 15.8 Å². The van der Waals surface area contributed by atoms with Gasteiger partial charge >= 0.3 is 0 Å². The number of nitrogens with two attached hydrogens (primary N) is 1. The highest BCUT2D eigenvalue weighted by molar-refractivity contribution is 5.97. The van der Waals surface area contributed by atoms with E-state index in [1.807, 2.05) is 24.3 Å². The van der Waals surface area contributed by atoms with Gasteiger partial charge in [0, 0.05) is 36.3 Å². The van der Waals surface area contributed by atoms with Crippen LogP contribution in [-0.4, -0.2) is 24.7 Å². The number of nitrogens with zero attached hydrogens (tertiary/aromatic N) is 1. The van der Waals surface area contributed by atoms with E-state index in [1.54, 1.807) is 6.20 Å². The fourth-order valence-electron chi connectivity index (χ4n) is 2.35. The summed E-state index contributed by atoms with van der Waals surface area (Å²) in [6.45, 7) is 2.68. The van der Waals surface area contributed by atoms with Gasteiger partial charge in [0.15, 0.2) is 0 Å². The molecule has 1 saturated heterocycles. The standard InChI is InChI=1S/C14H17N3O/c15-12-3-1-2-11-13(4-6-16-14(11)12)17-8-10-5-7-18-9-10/h1-4,6,10H,5,7-9,15H2,(H,16,17). The predicted octanol–water partition coefficient (Wildman–Crippen LogP) is 2.27. The highest BCUT2D eigenvalue weighted by Gasteiger charge is 2.15. The highest BCUT2D eigenvalue weighted by Crippen LogP contribution is 2.26. The SMILES string of the molecule is Nc1cccc2c(NCC3CCOC3)ccnc12. The normalized spacial score (nSPS) is 19.2. The zero-order valence-electron chi connectivity index (χ0n) is 10.2. The van der Waals surface area contributed by atoms with Gasteiger partial charge in [-0.05, 0) is 18.6 Å². The number of pyridine rings is 1. The Balaban J connectivity index is 1.85. The van der Waals surface area contributed by atoms with Crippen LogP contribution in [0.25, 0.3) is 10.9 Å². The van der Waals surface area contributed by atoms with Crippen molar-refractivity contribution in [2.24, 2.45) is 5.92 Å². The lowest BCUT2D eigenvalue weighted by Crippen LogP contribution is -2.14. The summed E-state index contributed by atoms with van der Waals surface area (Å²) in [6.07, 6.45) is 2.93. The first-order valence-corrected chi connectivity index (χ1v) is 6.29. The molecule has 1 aliphatic heterocycles. The van der Waals surface area contributed by atoms with Crippen molar-refractivity contribution < 1.29 is 4.74 Å². The Morgan fingerprint density at radius 1 is 1.39 bits per heavy atom. The summed E-state index contributed by atoms with van der Waals surface area (Å²) >= 11 is 0. The maximum atomic E-state index is 5.93. The van der Waals surface area contributed by atoms with Crippen LogP contribution in [0.1, 0.15) is 6.42 Å². The highest BCUT2D eigenvalue weighted by atomic mass is 16.5. The Morgan fingerprint density at radius 2 is 2.33 bits per heavy atom. The van der Waals surface area contributed by atoms with Gasteiger partial charge in [-0.3, -0.25) is 4.98 Å². The number of benzene rings is 1. The number of para-hydroxylation sites is 1. The number of anilines is 2. The van der Waals surface area contributed by atoms with Gasteiger partial charge in [-0.2, -0.15) is 0 Å². The number of fused-ring (bicyclic) bond motifs is 1. The summed E-state index contributed by atoms with van der Waals surface area (Å²) in [5.74, 6) is 0.606. The largest absolute Gasteiger partial charge is 0.397 e. The molecule has 1 fully saturated rings. The Kier molecular flexibility index (Phi) is 3.02. The van der Waals surface area contributed by atoms with Gasteiger partial charge in [0.05, 0.1) is 17.8 Å². The molecule has 94 valence electrons. The van der Waals surface area contributed by atoms with E-state index < -0.39 is 0 Å². The van der Waals surface area contributed by atoms with Gasteiger partial charge in [0.25, 0.3) is 0 Å². The summed E-state index contributed by atoms with van der Waals surface area (Å²) in [4.78, 5) is 4.33. The average Bonchev–Trinajstić information content (AvgIpc) is 2.90. The maximum absolute atomic E-state index is 5.93. The molecule has 3 N–H and O–H groups in total. The third-order valence-corrected chi connectivity index (χ3v) is 3.41. The number of nitrogen functional groups attached to an aromatic ring is 1. The average molecular weight is 243 g/mol. The molecule has 0 amide bonds. The first-order chi connectivity index (χ1) is 8.84. The molecule has 2 aromatic rings. The van der Waals surface area contributed by atoms with Crippen molar-refractivity contribution in [1.29, 1.82) is 0 Å². The van der Waals surface area contributed by atoms with Gasteiger partial charge in [-0.15, -0.1) is 0 Å². The second-order valence-electron chi connectivity index (χ2n) is 4.71. The van der Waals surface area contributed by atoms with E-state index >= 15 is 0 Å². The van der Waals surface area contributed by atoms with E-state index in [-0.39, 0.29) is 0 Å². The van der Waals surface area contributed by atoms with Gasteiger partial charge in [-0.25, -0.2) is 0 Å². The van der Waals surface area contributed by atoms with Crippen LogP contribution in [0.5, 0.6) is 0 Å². The number of hydrogen-bond acceptors (Lipinski definition) is 4. The van der Waals surface area contributed by atoms with Crippen LogP contribution in [0.15, 0.2) is 30.5 Å². The third kappa shape index (κ3) is 2.11. The van der Waals surface area contributed by atoms with Crippen LogP contribution >= 0.6 is 0 Å². The topological polar surface area (TPSA) is 60.2 Å². The quantitative estimate of drug-likeness (QED) is 0.812. The third-order valence-electron chi connectivity index (χ3n) is 3.41. The van der Waals surface area contributed by atoms with Crippen LogP contribution in [0, 0.1) is 5.92 Å². The summed E-state index contributed by atoms with van der Waals surface area (Å²) < 4.78 is 5.38. The Hall–Kier alpha value is -1.81. The molecule has 4 heteroatoms. The molecule has 1 aromatic heterocycles. The van der Waals surface area contributed by atoms with Crippen molar-refractivity contribution in [1.82, 2.24) is 4.98 Å². The molecule has 0 aliphatic carbocycles. The molecule has 0 saturated carbocycles. The molecule has 1 atom stereocenters. The lowest BCUT2D eigenvalue weighted by molar-refractivity contribution is 0.187. The number of ether oxygens (including phenoxy) is 1. The van der Waals surface area contributed by atoms with Crippen molar-refractivity contribution in [3.05, 3.63) is 30.5 Å². The molecule has 1 aliphatic rings. The minimum Gasteiger partial charge on any atom is -0.397 e. The Bertz CT molecular complexity index is 550. The number of aromatic nitrogens is 1. The fraction of sp³-hybridized carbons (Fsp3) is 0.357. The second-order valence-corrected chi connectivity index (χ2v) is 4.71. The summed E-state index contributed by atoms with van der Waals surface area (Å²) in [5, 5.41) is 4.56. The minimum atomic E-state index is 0.606. The monoisotopic (exact) mass is 243 g/mol. The first-order valence-electron chi connectivity index (χ1n) is 6.29. The van der Waals surface area contributed by atoms with E-state index in [0.29, 0.717) is 5.92 Å². The summed E-state index contributed by atoms with van der Waals surface area (Å²) in [5.41, 5.74) is 8.62. The lowest BCUT2D eigenvalue weighted by atomic mass is 10.1. The predicted molar refractivity (Wildman–Crippen MR) is 73.6 cm³/mol. The van der Waals surface area contributed by atoms with E-state index in [1.165, 1.54) is 0 Å². The number of nitrogens with one attached hydrogen (secondary N) is 1. The van der Waals surface area contributed by atoms with Crippen LogP contribution in [0.2, 0.25) is 0 Å². The molecule has 4 nitrogen and oxygen atoms in total. The van der Waals surface area contributed by atoms with Crippen molar-refractivity contribution in [3.63, 3.8) is 0 Å². The molecule has 2 heterocycles. The number of rotatable bonds is 3. The Labute approximate surface area is 106 Å². The first kappa shape index (κ1) is 11.3. The maximum Gasteiger partial charge on any atom is 0.0951 e. The van der Waals surface area contributed by atoms with Crippen LogP contribution in [0.3, 0.4) is 0 Å². The fourth-order valence-corrected chi connectivity index (χ4v) is 2.35. The van der Waals surface area contributed by atoms with E-state index in [2.05, 4.69) is 10.3 Å². The zero-order chi connectivity index (χ0) is 12.4.